The molecular formula is C14H19N3O2. The number of rotatable bonds is 7. The fourth-order valence-corrected chi connectivity index (χ4v) is 1.40. The summed E-state index contributed by atoms with van der Waals surface area (Å²) in [7, 11) is 0. The summed E-state index contributed by atoms with van der Waals surface area (Å²) in [5, 5.41) is 14.3. The van der Waals surface area contributed by atoms with Crippen LogP contribution in [0.4, 0.5) is 5.69 Å². The maximum absolute atomic E-state index is 11.7. The molecule has 0 heterocycles. The van der Waals surface area contributed by atoms with E-state index in [0.29, 0.717) is 17.5 Å². The van der Waals surface area contributed by atoms with Crippen LogP contribution in [0.15, 0.2) is 24.3 Å². The third-order valence-electron chi connectivity index (χ3n) is 2.64. The minimum absolute atomic E-state index is 0.00697. The van der Waals surface area contributed by atoms with E-state index in [0.717, 1.165) is 6.42 Å². The van der Waals surface area contributed by atoms with E-state index in [4.69, 9.17) is 10.00 Å². The fourth-order valence-electron chi connectivity index (χ4n) is 1.40. The number of hydrogen-bond donors (Lipinski definition) is 2. The number of carbonyl (C=O) groups excluding carboxylic acids is 1. The lowest BCUT2D eigenvalue weighted by Gasteiger charge is -2.11. The van der Waals surface area contributed by atoms with Crippen LogP contribution in [0.3, 0.4) is 0 Å². The monoisotopic (exact) mass is 261 g/mol. The van der Waals surface area contributed by atoms with Crippen LogP contribution in [0.1, 0.15) is 20.3 Å². The highest BCUT2D eigenvalue weighted by molar-refractivity contribution is 5.92. The highest BCUT2D eigenvalue weighted by atomic mass is 16.5. The maximum atomic E-state index is 11.7. The van der Waals surface area contributed by atoms with E-state index in [-0.39, 0.29) is 19.1 Å². The van der Waals surface area contributed by atoms with E-state index in [2.05, 4.69) is 17.6 Å². The summed E-state index contributed by atoms with van der Waals surface area (Å²) in [6, 6.07) is 9.19. The zero-order valence-electron chi connectivity index (χ0n) is 11.3. The van der Waals surface area contributed by atoms with Crippen molar-refractivity contribution in [3.8, 4) is 11.8 Å². The Labute approximate surface area is 113 Å². The average Bonchev–Trinajstić information content (AvgIpc) is 2.43. The van der Waals surface area contributed by atoms with Gasteiger partial charge in [-0.2, -0.15) is 5.26 Å². The quantitative estimate of drug-likeness (QED) is 0.786. The fraction of sp³-hybridized carbons (Fsp3) is 0.429. The number of ether oxygens (including phenoxy) is 1. The summed E-state index contributed by atoms with van der Waals surface area (Å²) in [6.45, 7) is 4.36. The van der Waals surface area contributed by atoms with E-state index >= 15 is 0 Å². The summed E-state index contributed by atoms with van der Waals surface area (Å²) in [5.74, 6) is 0.465. The summed E-state index contributed by atoms with van der Waals surface area (Å²) in [4.78, 5) is 11.7. The molecule has 2 N–H and O–H groups in total. The van der Waals surface area contributed by atoms with Crippen molar-refractivity contribution in [2.45, 2.75) is 26.3 Å². The lowest BCUT2D eigenvalue weighted by atomic mass is 10.2. The Morgan fingerprint density at radius 3 is 3.00 bits per heavy atom. The van der Waals surface area contributed by atoms with Gasteiger partial charge in [-0.15, -0.1) is 0 Å². The van der Waals surface area contributed by atoms with Crippen LogP contribution in [0, 0.1) is 11.3 Å². The molecule has 1 atom stereocenters. The molecule has 19 heavy (non-hydrogen) atoms. The summed E-state index contributed by atoms with van der Waals surface area (Å²) < 4.78 is 5.16. The number of benzene rings is 1. The molecule has 0 aliphatic heterocycles. The van der Waals surface area contributed by atoms with Crippen LogP contribution in [-0.4, -0.2) is 25.1 Å². The van der Waals surface area contributed by atoms with Crippen molar-refractivity contribution in [2.75, 3.05) is 18.5 Å². The number of amides is 1. The van der Waals surface area contributed by atoms with Crippen LogP contribution in [-0.2, 0) is 4.79 Å². The molecule has 1 rings (SSSR count). The molecule has 0 saturated heterocycles. The van der Waals surface area contributed by atoms with E-state index in [1.165, 1.54) is 0 Å². The predicted octanol–water partition coefficient (Wildman–Crippen LogP) is 1.92. The highest BCUT2D eigenvalue weighted by Gasteiger charge is 2.05. The third kappa shape index (κ3) is 5.89. The molecule has 0 spiro atoms. The summed E-state index contributed by atoms with van der Waals surface area (Å²) in [5.41, 5.74) is 0.659. The van der Waals surface area contributed by atoms with Crippen molar-refractivity contribution in [3.05, 3.63) is 24.3 Å². The Morgan fingerprint density at radius 1 is 1.53 bits per heavy atom. The molecule has 1 aromatic carbocycles. The number of anilines is 1. The van der Waals surface area contributed by atoms with E-state index in [1.54, 1.807) is 24.3 Å². The normalized spacial score (nSPS) is 11.4. The van der Waals surface area contributed by atoms with Gasteiger partial charge in [0, 0.05) is 17.8 Å². The van der Waals surface area contributed by atoms with E-state index in [1.807, 2.05) is 13.0 Å². The predicted molar refractivity (Wildman–Crippen MR) is 73.9 cm³/mol. The van der Waals surface area contributed by atoms with Gasteiger partial charge < -0.3 is 15.4 Å². The second-order valence-electron chi connectivity index (χ2n) is 4.21. The molecule has 0 aliphatic carbocycles. The standard InChI is InChI=1S/C14H19N3O2/c1-3-11(2)16-10-14(18)17-12-5-4-6-13(9-12)19-8-7-15/h4-6,9,11,16H,3,8,10H2,1-2H3,(H,17,18). The first-order valence-corrected chi connectivity index (χ1v) is 6.28. The van der Waals surface area contributed by atoms with Gasteiger partial charge in [0.2, 0.25) is 5.91 Å². The van der Waals surface area contributed by atoms with Gasteiger partial charge >= 0.3 is 0 Å². The Balaban J connectivity index is 2.47. The number of hydrogen-bond acceptors (Lipinski definition) is 4. The molecule has 1 amide bonds. The first kappa shape index (κ1) is 15.0. The van der Waals surface area contributed by atoms with Gasteiger partial charge in [0.25, 0.3) is 0 Å². The van der Waals surface area contributed by atoms with Gasteiger partial charge in [0.15, 0.2) is 6.61 Å². The topological polar surface area (TPSA) is 74.2 Å². The van der Waals surface area contributed by atoms with Gasteiger partial charge in [-0.3, -0.25) is 4.79 Å². The Kier molecular flexibility index (Phi) is 6.41. The van der Waals surface area contributed by atoms with Gasteiger partial charge in [0.05, 0.1) is 6.54 Å². The SMILES string of the molecule is CCC(C)NCC(=O)Nc1cccc(OCC#N)c1. The molecule has 1 unspecified atom stereocenters. The smallest absolute Gasteiger partial charge is 0.238 e. The number of carbonyl (C=O) groups is 1. The number of nitrogens with one attached hydrogen (secondary N) is 2. The lowest BCUT2D eigenvalue weighted by Crippen LogP contribution is -2.33. The minimum Gasteiger partial charge on any atom is -0.479 e. The van der Waals surface area contributed by atoms with E-state index < -0.39 is 0 Å². The van der Waals surface area contributed by atoms with Crippen molar-refractivity contribution in [2.24, 2.45) is 0 Å². The molecule has 0 saturated carbocycles. The largest absolute Gasteiger partial charge is 0.479 e. The van der Waals surface area contributed by atoms with Crippen LogP contribution in [0.5, 0.6) is 5.75 Å². The van der Waals surface area contributed by atoms with Crippen molar-refractivity contribution in [1.82, 2.24) is 5.32 Å². The zero-order chi connectivity index (χ0) is 14.1. The van der Waals surface area contributed by atoms with Crippen LogP contribution >= 0.6 is 0 Å². The second kappa shape index (κ2) is 8.11. The molecule has 0 aromatic heterocycles. The Bertz CT molecular complexity index is 454. The van der Waals surface area contributed by atoms with Gasteiger partial charge in [-0.05, 0) is 25.5 Å². The summed E-state index contributed by atoms with van der Waals surface area (Å²) >= 11 is 0. The van der Waals surface area contributed by atoms with Crippen molar-refractivity contribution in [1.29, 1.82) is 5.26 Å². The third-order valence-corrected chi connectivity index (χ3v) is 2.64. The van der Waals surface area contributed by atoms with Gasteiger partial charge in [-0.25, -0.2) is 0 Å². The van der Waals surface area contributed by atoms with Crippen LogP contribution in [0.2, 0.25) is 0 Å². The molecular weight excluding hydrogens is 242 g/mol. The Morgan fingerprint density at radius 2 is 2.32 bits per heavy atom. The second-order valence-corrected chi connectivity index (χ2v) is 4.21. The number of nitriles is 1. The van der Waals surface area contributed by atoms with Crippen molar-refractivity contribution < 1.29 is 9.53 Å². The highest BCUT2D eigenvalue weighted by Crippen LogP contribution is 2.16. The van der Waals surface area contributed by atoms with Crippen LogP contribution < -0.4 is 15.4 Å². The minimum atomic E-state index is -0.0993. The summed E-state index contributed by atoms with van der Waals surface area (Å²) in [6.07, 6.45) is 0.977. The van der Waals surface area contributed by atoms with Crippen LogP contribution in [0.25, 0.3) is 0 Å². The molecule has 0 bridgehead atoms. The van der Waals surface area contributed by atoms with Crippen molar-refractivity contribution in [3.63, 3.8) is 0 Å². The molecule has 0 aliphatic rings. The van der Waals surface area contributed by atoms with Gasteiger partial charge in [0.1, 0.15) is 11.8 Å². The molecule has 0 radical (unpaired) electrons. The zero-order valence-corrected chi connectivity index (χ0v) is 11.3. The molecule has 5 heteroatoms. The molecule has 102 valence electrons. The van der Waals surface area contributed by atoms with E-state index in [9.17, 15) is 4.79 Å². The van der Waals surface area contributed by atoms with Crippen molar-refractivity contribution >= 4 is 11.6 Å². The lowest BCUT2D eigenvalue weighted by molar-refractivity contribution is -0.115. The molecule has 1 aromatic rings. The molecule has 0 fully saturated rings. The molecule has 5 nitrogen and oxygen atoms in total. The maximum Gasteiger partial charge on any atom is 0.238 e. The number of nitrogens with zero attached hydrogens (tertiary/aromatic N) is 1. The first-order chi connectivity index (χ1) is 9.15. The average molecular weight is 261 g/mol. The van der Waals surface area contributed by atoms with Gasteiger partial charge in [-0.1, -0.05) is 13.0 Å². The first-order valence-electron chi connectivity index (χ1n) is 6.28. The Hall–Kier alpha value is -2.06.